The summed E-state index contributed by atoms with van der Waals surface area (Å²) in [7, 11) is 1.31. The molecule has 1 aromatic heterocycles. The fourth-order valence-electron chi connectivity index (χ4n) is 1.51. The lowest BCUT2D eigenvalue weighted by Gasteiger charge is -2.05. The van der Waals surface area contributed by atoms with Crippen molar-refractivity contribution >= 4 is 17.6 Å². The summed E-state index contributed by atoms with van der Waals surface area (Å²) in [5.74, 6) is -0.782. The Kier molecular flexibility index (Phi) is 4.05. The van der Waals surface area contributed by atoms with E-state index in [4.69, 9.17) is 0 Å². The topological polar surface area (TPSA) is 81.2 Å². The van der Waals surface area contributed by atoms with E-state index in [2.05, 4.69) is 20.0 Å². The lowest BCUT2D eigenvalue weighted by atomic mass is 10.2. The van der Waals surface area contributed by atoms with Crippen molar-refractivity contribution in [3.05, 3.63) is 53.6 Å². The Morgan fingerprint density at radius 1 is 1.10 bits per heavy atom. The van der Waals surface area contributed by atoms with Gasteiger partial charge in [-0.25, -0.2) is 9.78 Å². The van der Waals surface area contributed by atoms with E-state index in [0.29, 0.717) is 11.3 Å². The van der Waals surface area contributed by atoms with Crippen molar-refractivity contribution in [3.63, 3.8) is 0 Å². The van der Waals surface area contributed by atoms with Crippen molar-refractivity contribution in [2.24, 2.45) is 0 Å². The zero-order valence-electron chi connectivity index (χ0n) is 11.1. The van der Waals surface area contributed by atoms with Gasteiger partial charge in [-0.3, -0.25) is 9.78 Å². The zero-order valence-corrected chi connectivity index (χ0v) is 11.1. The summed E-state index contributed by atoms with van der Waals surface area (Å²) >= 11 is 0. The number of esters is 1. The standard InChI is InChI=1S/C14H13N3O3/c1-9-7-16-12(8-15-9)13(18)17-11-5-3-10(4-6-11)14(19)20-2/h3-8H,1-2H3,(H,17,18). The molecule has 0 aliphatic carbocycles. The largest absolute Gasteiger partial charge is 0.465 e. The van der Waals surface area contributed by atoms with Crippen molar-refractivity contribution in [3.8, 4) is 0 Å². The van der Waals surface area contributed by atoms with Crippen LogP contribution in [0.15, 0.2) is 36.7 Å². The van der Waals surface area contributed by atoms with Gasteiger partial charge in [-0.15, -0.1) is 0 Å². The molecule has 1 N–H and O–H groups in total. The molecular formula is C14H13N3O3. The maximum absolute atomic E-state index is 11.9. The molecule has 0 aliphatic heterocycles. The second-order valence-corrected chi connectivity index (χ2v) is 4.07. The molecule has 6 nitrogen and oxygen atoms in total. The second-order valence-electron chi connectivity index (χ2n) is 4.07. The van der Waals surface area contributed by atoms with Crippen LogP contribution in [0, 0.1) is 6.92 Å². The van der Waals surface area contributed by atoms with Crippen molar-refractivity contribution in [1.82, 2.24) is 9.97 Å². The molecule has 0 aliphatic rings. The minimum absolute atomic E-state index is 0.229. The highest BCUT2D eigenvalue weighted by Crippen LogP contribution is 2.11. The van der Waals surface area contributed by atoms with E-state index >= 15 is 0 Å². The number of benzene rings is 1. The van der Waals surface area contributed by atoms with Crippen LogP contribution in [-0.4, -0.2) is 29.0 Å². The highest BCUT2D eigenvalue weighted by Gasteiger charge is 2.09. The van der Waals surface area contributed by atoms with E-state index in [0.717, 1.165) is 5.69 Å². The van der Waals surface area contributed by atoms with E-state index < -0.39 is 5.97 Å². The minimum atomic E-state index is -0.424. The fraction of sp³-hybridized carbons (Fsp3) is 0.143. The third kappa shape index (κ3) is 3.17. The summed E-state index contributed by atoms with van der Waals surface area (Å²) in [6.45, 7) is 1.79. The molecule has 102 valence electrons. The first-order valence-electron chi connectivity index (χ1n) is 5.88. The summed E-state index contributed by atoms with van der Waals surface area (Å²) < 4.78 is 4.59. The van der Waals surface area contributed by atoms with Gasteiger partial charge in [0.15, 0.2) is 0 Å². The molecular weight excluding hydrogens is 258 g/mol. The van der Waals surface area contributed by atoms with Crippen molar-refractivity contribution in [2.75, 3.05) is 12.4 Å². The SMILES string of the molecule is COC(=O)c1ccc(NC(=O)c2cnc(C)cn2)cc1. The number of ether oxygens (including phenoxy) is 1. The van der Waals surface area contributed by atoms with Gasteiger partial charge in [-0.1, -0.05) is 0 Å². The van der Waals surface area contributed by atoms with Gasteiger partial charge in [-0.05, 0) is 31.2 Å². The highest BCUT2D eigenvalue weighted by molar-refractivity contribution is 6.02. The van der Waals surface area contributed by atoms with Gasteiger partial charge in [0.1, 0.15) is 5.69 Å². The van der Waals surface area contributed by atoms with Gasteiger partial charge in [0.05, 0.1) is 24.6 Å². The summed E-state index contributed by atoms with van der Waals surface area (Å²) in [5.41, 5.74) is 1.95. The van der Waals surface area contributed by atoms with Gasteiger partial charge in [-0.2, -0.15) is 0 Å². The number of amides is 1. The molecule has 1 heterocycles. The molecule has 20 heavy (non-hydrogen) atoms. The molecule has 2 rings (SSSR count). The predicted octanol–water partition coefficient (Wildman–Crippen LogP) is 1.82. The monoisotopic (exact) mass is 271 g/mol. The van der Waals surface area contributed by atoms with Gasteiger partial charge >= 0.3 is 5.97 Å². The van der Waals surface area contributed by atoms with Gasteiger partial charge in [0.2, 0.25) is 0 Å². The number of rotatable bonds is 3. The molecule has 0 fully saturated rings. The third-order valence-corrected chi connectivity index (χ3v) is 2.58. The molecule has 1 amide bonds. The maximum Gasteiger partial charge on any atom is 0.337 e. The molecule has 0 saturated heterocycles. The minimum Gasteiger partial charge on any atom is -0.465 e. The van der Waals surface area contributed by atoms with Crippen molar-refractivity contribution in [2.45, 2.75) is 6.92 Å². The molecule has 0 bridgehead atoms. The summed E-state index contributed by atoms with van der Waals surface area (Å²) in [4.78, 5) is 31.2. The van der Waals surface area contributed by atoms with E-state index in [9.17, 15) is 9.59 Å². The van der Waals surface area contributed by atoms with Gasteiger partial charge in [0, 0.05) is 11.9 Å². The number of anilines is 1. The lowest BCUT2D eigenvalue weighted by Crippen LogP contribution is -2.14. The van der Waals surface area contributed by atoms with Crippen molar-refractivity contribution in [1.29, 1.82) is 0 Å². The molecule has 0 spiro atoms. The maximum atomic E-state index is 11.9. The highest BCUT2D eigenvalue weighted by atomic mass is 16.5. The van der Waals surface area contributed by atoms with Crippen molar-refractivity contribution < 1.29 is 14.3 Å². The first kappa shape index (κ1) is 13.7. The average Bonchev–Trinajstić information content (AvgIpc) is 2.48. The number of hydrogen-bond acceptors (Lipinski definition) is 5. The van der Waals surface area contributed by atoms with Crippen LogP contribution in [0.4, 0.5) is 5.69 Å². The van der Waals surface area contributed by atoms with Crippen LogP contribution in [0.25, 0.3) is 0 Å². The number of aryl methyl sites for hydroxylation is 1. The average molecular weight is 271 g/mol. The number of nitrogens with one attached hydrogen (secondary N) is 1. The quantitative estimate of drug-likeness (QED) is 0.861. The summed E-state index contributed by atoms with van der Waals surface area (Å²) in [6, 6.07) is 6.38. The Balaban J connectivity index is 2.08. The van der Waals surface area contributed by atoms with Crippen LogP contribution in [0.3, 0.4) is 0 Å². The number of nitrogens with zero attached hydrogens (tertiary/aromatic N) is 2. The molecule has 0 radical (unpaired) electrons. The number of carbonyl (C=O) groups excluding carboxylic acids is 2. The second kappa shape index (κ2) is 5.92. The van der Waals surface area contributed by atoms with Gasteiger partial charge in [0.25, 0.3) is 5.91 Å². The van der Waals surface area contributed by atoms with Crippen LogP contribution in [0.5, 0.6) is 0 Å². The first-order valence-corrected chi connectivity index (χ1v) is 5.88. The van der Waals surface area contributed by atoms with Crippen LogP contribution in [-0.2, 0) is 4.74 Å². The smallest absolute Gasteiger partial charge is 0.337 e. The Bertz CT molecular complexity index is 621. The molecule has 0 saturated carbocycles. The van der Waals surface area contributed by atoms with Crippen LogP contribution in [0.1, 0.15) is 26.5 Å². The van der Waals surface area contributed by atoms with E-state index in [1.54, 1.807) is 31.2 Å². The lowest BCUT2D eigenvalue weighted by molar-refractivity contribution is 0.0600. The summed E-state index contributed by atoms with van der Waals surface area (Å²) in [5, 5.41) is 2.67. The Morgan fingerprint density at radius 2 is 1.80 bits per heavy atom. The van der Waals surface area contributed by atoms with E-state index in [1.807, 2.05) is 0 Å². The van der Waals surface area contributed by atoms with Crippen LogP contribution < -0.4 is 5.32 Å². The Morgan fingerprint density at radius 3 is 2.35 bits per heavy atom. The van der Waals surface area contributed by atoms with E-state index in [-0.39, 0.29) is 11.6 Å². The van der Waals surface area contributed by atoms with Crippen LogP contribution >= 0.6 is 0 Å². The number of methoxy groups -OCH3 is 1. The van der Waals surface area contributed by atoms with E-state index in [1.165, 1.54) is 19.5 Å². The molecule has 1 aromatic carbocycles. The van der Waals surface area contributed by atoms with Crippen LogP contribution in [0.2, 0.25) is 0 Å². The molecule has 2 aromatic rings. The van der Waals surface area contributed by atoms with Gasteiger partial charge < -0.3 is 10.1 Å². The number of hydrogen-bond donors (Lipinski definition) is 1. The number of aromatic nitrogens is 2. The molecule has 6 heteroatoms. The summed E-state index contributed by atoms with van der Waals surface area (Å²) in [6.07, 6.45) is 2.93. The predicted molar refractivity (Wildman–Crippen MR) is 72.5 cm³/mol. The third-order valence-electron chi connectivity index (χ3n) is 2.58. The Hall–Kier alpha value is -2.76. The first-order chi connectivity index (χ1) is 9.60. The molecule has 0 unspecified atom stereocenters. The zero-order chi connectivity index (χ0) is 14.5. The fourth-order valence-corrected chi connectivity index (χ4v) is 1.51. The normalized spacial score (nSPS) is 9.90. The molecule has 0 atom stereocenters. The Labute approximate surface area is 115 Å². The number of carbonyl (C=O) groups is 2.